The number of piperazine rings is 1. The molecule has 3 aromatic rings. The van der Waals surface area contributed by atoms with Crippen LogP contribution in [0.3, 0.4) is 0 Å². The molecule has 0 unspecified atom stereocenters. The molecular weight excluding hydrogens is 407 g/mol. The molecule has 2 aliphatic heterocycles. The number of H-pyrrole nitrogens is 1. The number of rotatable bonds is 6. The van der Waals surface area contributed by atoms with Gasteiger partial charge < -0.3 is 9.80 Å². The van der Waals surface area contributed by atoms with Gasteiger partial charge in [-0.15, -0.1) is 0 Å². The number of benzene rings is 1. The Kier molecular flexibility index (Phi) is 6.09. The van der Waals surface area contributed by atoms with E-state index < -0.39 is 0 Å². The molecule has 2 aromatic heterocycles. The number of aromatic amines is 1. The Morgan fingerprint density at radius 3 is 2.66 bits per heavy atom. The van der Waals surface area contributed by atoms with Gasteiger partial charge in [0.15, 0.2) is 5.82 Å². The maximum absolute atomic E-state index is 13.1. The Morgan fingerprint density at radius 2 is 1.84 bits per heavy atom. The second-order valence-electron chi connectivity index (χ2n) is 8.71. The van der Waals surface area contributed by atoms with Crippen LogP contribution in [0, 0.1) is 5.82 Å². The lowest BCUT2D eigenvalue weighted by molar-refractivity contribution is 0.237. The fraction of sp³-hybridized carbons (Fsp3) is 0.478. The van der Waals surface area contributed by atoms with Crippen LogP contribution >= 0.6 is 0 Å². The Labute approximate surface area is 187 Å². The van der Waals surface area contributed by atoms with Gasteiger partial charge in [0, 0.05) is 45.3 Å². The van der Waals surface area contributed by atoms with Crippen LogP contribution in [-0.4, -0.2) is 74.7 Å². The van der Waals surface area contributed by atoms with E-state index in [1.807, 2.05) is 12.3 Å². The van der Waals surface area contributed by atoms with Crippen LogP contribution in [0.15, 0.2) is 36.5 Å². The number of nitrogens with zero attached hydrogens (tertiary/aromatic N) is 7. The van der Waals surface area contributed by atoms with E-state index in [4.69, 9.17) is 9.97 Å². The minimum absolute atomic E-state index is 0.176. The summed E-state index contributed by atoms with van der Waals surface area (Å²) in [6.07, 6.45) is 4.63. The lowest BCUT2D eigenvalue weighted by atomic mass is 10.1. The summed E-state index contributed by atoms with van der Waals surface area (Å²) in [6.45, 7) is 5.75. The zero-order valence-corrected chi connectivity index (χ0v) is 18.4. The van der Waals surface area contributed by atoms with Crippen LogP contribution in [-0.2, 0) is 13.0 Å². The predicted octanol–water partition coefficient (Wildman–Crippen LogP) is 2.41. The lowest BCUT2D eigenvalue weighted by Crippen LogP contribution is -2.45. The van der Waals surface area contributed by atoms with E-state index in [0.29, 0.717) is 6.42 Å². The van der Waals surface area contributed by atoms with Crippen LogP contribution in [0.2, 0.25) is 0 Å². The molecule has 0 radical (unpaired) electrons. The molecule has 1 aromatic carbocycles. The zero-order valence-electron chi connectivity index (χ0n) is 18.4. The molecule has 0 amide bonds. The number of aromatic nitrogens is 5. The Hall–Kier alpha value is -2.91. The van der Waals surface area contributed by atoms with Crippen molar-refractivity contribution in [3.8, 4) is 0 Å². The summed E-state index contributed by atoms with van der Waals surface area (Å²) in [6, 6.07) is 8.70. The van der Waals surface area contributed by atoms with Gasteiger partial charge in [-0.3, -0.25) is 10.00 Å². The molecule has 5 rings (SSSR count). The van der Waals surface area contributed by atoms with Gasteiger partial charge in [0.25, 0.3) is 0 Å². The molecule has 8 nitrogen and oxygen atoms in total. The lowest BCUT2D eigenvalue weighted by Gasteiger charge is -2.32. The quantitative estimate of drug-likeness (QED) is 0.636. The third-order valence-electron chi connectivity index (χ3n) is 6.35. The highest BCUT2D eigenvalue weighted by Gasteiger charge is 2.30. The first kappa shape index (κ1) is 21.0. The molecule has 32 heavy (non-hydrogen) atoms. The van der Waals surface area contributed by atoms with Gasteiger partial charge in [0.05, 0.1) is 11.7 Å². The number of likely N-dealkylation sites (N-methyl/N-ethyl adjacent to an activating group) is 1. The standard InChI is InChI=1S/C23H29FN8/c1-30-11-13-31(14-12-30)23-25-9-8-19(26-23)16-32-10-2-3-20(32)22-27-21(28-29-22)15-17-4-6-18(24)7-5-17/h4-9,20H,2-3,10-16H2,1H3,(H,27,28,29)/t20-/m1/s1. The molecule has 0 spiro atoms. The second kappa shape index (κ2) is 9.30. The van der Waals surface area contributed by atoms with Crippen molar-refractivity contribution in [1.82, 2.24) is 34.9 Å². The molecule has 2 saturated heterocycles. The predicted molar refractivity (Wildman–Crippen MR) is 120 cm³/mol. The van der Waals surface area contributed by atoms with Gasteiger partial charge in [0.2, 0.25) is 5.95 Å². The maximum Gasteiger partial charge on any atom is 0.225 e. The SMILES string of the molecule is CN1CCN(c2nccc(CN3CCC[C@@H]3c3n[nH]c(Cc4ccc(F)cc4)n3)n2)CC1. The minimum atomic E-state index is -0.228. The number of likely N-dealkylation sites (tertiary alicyclic amines) is 1. The van der Waals surface area contributed by atoms with E-state index in [0.717, 1.165) is 81.0 Å². The first-order valence-electron chi connectivity index (χ1n) is 11.3. The van der Waals surface area contributed by atoms with E-state index in [2.05, 4.69) is 36.9 Å². The van der Waals surface area contributed by atoms with Crippen molar-refractivity contribution in [2.24, 2.45) is 0 Å². The first-order chi connectivity index (χ1) is 15.6. The maximum atomic E-state index is 13.1. The molecule has 2 fully saturated rings. The fourth-order valence-electron chi connectivity index (χ4n) is 4.48. The highest BCUT2D eigenvalue weighted by molar-refractivity contribution is 5.31. The zero-order chi connectivity index (χ0) is 21.9. The molecule has 0 aliphatic carbocycles. The summed E-state index contributed by atoms with van der Waals surface area (Å²) < 4.78 is 13.1. The average molecular weight is 437 g/mol. The van der Waals surface area contributed by atoms with Crippen molar-refractivity contribution in [2.45, 2.75) is 31.8 Å². The molecule has 1 N–H and O–H groups in total. The van der Waals surface area contributed by atoms with E-state index in [1.54, 1.807) is 12.1 Å². The van der Waals surface area contributed by atoms with E-state index in [-0.39, 0.29) is 11.9 Å². The topological polar surface area (TPSA) is 77.1 Å². The molecule has 2 aliphatic rings. The monoisotopic (exact) mass is 436 g/mol. The summed E-state index contributed by atoms with van der Waals surface area (Å²) in [5, 5.41) is 7.57. The van der Waals surface area contributed by atoms with Crippen molar-refractivity contribution >= 4 is 5.95 Å². The molecule has 9 heteroatoms. The molecule has 0 bridgehead atoms. The number of nitrogens with one attached hydrogen (secondary N) is 1. The first-order valence-corrected chi connectivity index (χ1v) is 11.3. The van der Waals surface area contributed by atoms with E-state index in [9.17, 15) is 4.39 Å². The van der Waals surface area contributed by atoms with Crippen molar-refractivity contribution in [3.63, 3.8) is 0 Å². The van der Waals surface area contributed by atoms with Crippen LogP contribution < -0.4 is 4.90 Å². The Balaban J connectivity index is 1.25. The summed E-state index contributed by atoms with van der Waals surface area (Å²) in [5.74, 6) is 2.23. The molecule has 4 heterocycles. The number of hydrogen-bond donors (Lipinski definition) is 1. The summed E-state index contributed by atoms with van der Waals surface area (Å²) in [4.78, 5) is 21.1. The van der Waals surface area contributed by atoms with Gasteiger partial charge in [-0.1, -0.05) is 12.1 Å². The van der Waals surface area contributed by atoms with Crippen LogP contribution in [0.1, 0.15) is 41.8 Å². The van der Waals surface area contributed by atoms with Gasteiger partial charge in [0.1, 0.15) is 11.6 Å². The smallest absolute Gasteiger partial charge is 0.225 e. The highest BCUT2D eigenvalue weighted by Crippen LogP contribution is 2.31. The number of halogens is 1. The highest BCUT2D eigenvalue weighted by atomic mass is 19.1. The molecule has 0 saturated carbocycles. The summed E-state index contributed by atoms with van der Waals surface area (Å²) >= 11 is 0. The molecular formula is C23H29FN8. The van der Waals surface area contributed by atoms with E-state index >= 15 is 0 Å². The largest absolute Gasteiger partial charge is 0.338 e. The van der Waals surface area contributed by atoms with Crippen LogP contribution in [0.25, 0.3) is 0 Å². The normalized spacial score (nSPS) is 20.2. The van der Waals surface area contributed by atoms with Crippen molar-refractivity contribution in [1.29, 1.82) is 0 Å². The van der Waals surface area contributed by atoms with E-state index in [1.165, 1.54) is 12.1 Å². The van der Waals surface area contributed by atoms with Crippen molar-refractivity contribution < 1.29 is 4.39 Å². The summed E-state index contributed by atoms with van der Waals surface area (Å²) in [7, 11) is 2.15. The van der Waals surface area contributed by atoms with Crippen LogP contribution in [0.4, 0.5) is 10.3 Å². The average Bonchev–Trinajstić information content (AvgIpc) is 3.45. The van der Waals surface area contributed by atoms with Gasteiger partial charge >= 0.3 is 0 Å². The van der Waals surface area contributed by atoms with Crippen LogP contribution in [0.5, 0.6) is 0 Å². The Bertz CT molecular complexity index is 1030. The van der Waals surface area contributed by atoms with Gasteiger partial charge in [-0.2, -0.15) is 5.10 Å². The van der Waals surface area contributed by atoms with Gasteiger partial charge in [-0.05, 0) is 50.2 Å². The third kappa shape index (κ3) is 4.78. The van der Waals surface area contributed by atoms with Crippen molar-refractivity contribution in [2.75, 3.05) is 44.7 Å². The third-order valence-corrected chi connectivity index (χ3v) is 6.35. The van der Waals surface area contributed by atoms with Crippen molar-refractivity contribution in [3.05, 3.63) is 65.3 Å². The minimum Gasteiger partial charge on any atom is -0.338 e. The summed E-state index contributed by atoms with van der Waals surface area (Å²) in [5.41, 5.74) is 2.04. The fourth-order valence-corrected chi connectivity index (χ4v) is 4.48. The number of anilines is 1. The second-order valence-corrected chi connectivity index (χ2v) is 8.71. The van der Waals surface area contributed by atoms with Gasteiger partial charge in [-0.25, -0.2) is 19.3 Å². The Morgan fingerprint density at radius 1 is 1.03 bits per heavy atom. The number of hydrogen-bond acceptors (Lipinski definition) is 7. The molecule has 1 atom stereocenters. The molecule has 168 valence electrons.